The van der Waals surface area contributed by atoms with Crippen LogP contribution in [0.15, 0.2) is 0 Å². The molecular formula is C13H26ClNO3. The Morgan fingerprint density at radius 3 is 2.50 bits per heavy atom. The second kappa shape index (κ2) is 11.0. The molecule has 1 aliphatic heterocycles. The normalized spacial score (nSPS) is 21.3. The molecule has 1 heterocycles. The highest BCUT2D eigenvalue weighted by atomic mass is 35.5. The zero-order chi connectivity index (χ0) is 13.1. The van der Waals surface area contributed by atoms with Crippen LogP contribution >= 0.6 is 11.6 Å². The van der Waals surface area contributed by atoms with Gasteiger partial charge >= 0.3 is 0 Å². The van der Waals surface area contributed by atoms with Crippen LogP contribution in [0, 0.1) is 0 Å². The lowest BCUT2D eigenvalue weighted by Gasteiger charge is -2.34. The summed E-state index contributed by atoms with van der Waals surface area (Å²) in [6.45, 7) is 5.48. The maximum atomic E-state index is 5.97. The Hall–Kier alpha value is 0.130. The fourth-order valence-electron chi connectivity index (χ4n) is 2.18. The SMILES string of the molecule is COCCOCCOCCN1CCCCC1CCl. The molecule has 0 aromatic heterocycles. The Kier molecular flexibility index (Phi) is 9.89. The van der Waals surface area contributed by atoms with Crippen molar-refractivity contribution < 1.29 is 14.2 Å². The largest absolute Gasteiger partial charge is 0.382 e. The van der Waals surface area contributed by atoms with Gasteiger partial charge in [-0.1, -0.05) is 6.42 Å². The number of hydrogen-bond donors (Lipinski definition) is 0. The molecule has 0 aromatic carbocycles. The summed E-state index contributed by atoms with van der Waals surface area (Å²) in [6.07, 6.45) is 3.82. The molecule has 1 rings (SSSR count). The maximum absolute atomic E-state index is 5.97. The molecule has 1 fully saturated rings. The Bertz CT molecular complexity index is 195. The molecular weight excluding hydrogens is 254 g/mol. The van der Waals surface area contributed by atoms with Crippen LogP contribution in [-0.4, -0.2) is 70.1 Å². The molecule has 0 amide bonds. The van der Waals surface area contributed by atoms with Gasteiger partial charge in [0, 0.05) is 25.6 Å². The van der Waals surface area contributed by atoms with Gasteiger partial charge in [-0.15, -0.1) is 11.6 Å². The molecule has 0 bridgehead atoms. The van der Waals surface area contributed by atoms with Gasteiger partial charge in [0.05, 0.1) is 33.0 Å². The van der Waals surface area contributed by atoms with Crippen molar-refractivity contribution in [1.82, 2.24) is 4.90 Å². The molecule has 18 heavy (non-hydrogen) atoms. The van der Waals surface area contributed by atoms with Crippen LogP contribution in [0.3, 0.4) is 0 Å². The lowest BCUT2D eigenvalue weighted by molar-refractivity contribution is 0.0149. The van der Waals surface area contributed by atoms with E-state index in [1.807, 2.05) is 0 Å². The van der Waals surface area contributed by atoms with Gasteiger partial charge in [0.25, 0.3) is 0 Å². The average molecular weight is 280 g/mol. The van der Waals surface area contributed by atoms with Crippen molar-refractivity contribution >= 4 is 11.6 Å². The third kappa shape index (κ3) is 6.90. The molecule has 0 aliphatic carbocycles. The Morgan fingerprint density at radius 2 is 1.78 bits per heavy atom. The predicted octanol–water partition coefficient (Wildman–Crippen LogP) is 1.76. The topological polar surface area (TPSA) is 30.9 Å². The van der Waals surface area contributed by atoms with Gasteiger partial charge in [0.15, 0.2) is 0 Å². The van der Waals surface area contributed by atoms with Crippen LogP contribution < -0.4 is 0 Å². The number of ether oxygens (including phenoxy) is 3. The Labute approximate surface area is 116 Å². The first kappa shape index (κ1) is 16.2. The van der Waals surface area contributed by atoms with E-state index < -0.39 is 0 Å². The monoisotopic (exact) mass is 279 g/mol. The van der Waals surface area contributed by atoms with E-state index in [2.05, 4.69) is 4.90 Å². The van der Waals surface area contributed by atoms with Crippen molar-refractivity contribution in [2.75, 3.05) is 59.1 Å². The minimum Gasteiger partial charge on any atom is -0.382 e. The number of methoxy groups -OCH3 is 1. The molecule has 0 spiro atoms. The highest BCUT2D eigenvalue weighted by Crippen LogP contribution is 2.17. The quantitative estimate of drug-likeness (QED) is 0.450. The second-order valence-corrected chi connectivity index (χ2v) is 4.87. The molecule has 1 aliphatic rings. The van der Waals surface area contributed by atoms with Gasteiger partial charge in [-0.3, -0.25) is 4.90 Å². The third-order valence-electron chi connectivity index (χ3n) is 3.25. The smallest absolute Gasteiger partial charge is 0.0701 e. The molecule has 1 unspecified atom stereocenters. The van der Waals surface area contributed by atoms with Crippen LogP contribution in [0.25, 0.3) is 0 Å². The summed E-state index contributed by atoms with van der Waals surface area (Å²) in [5.41, 5.74) is 0. The minimum absolute atomic E-state index is 0.543. The fourth-order valence-corrected chi connectivity index (χ4v) is 2.52. The molecule has 108 valence electrons. The van der Waals surface area contributed by atoms with E-state index in [-0.39, 0.29) is 0 Å². The van der Waals surface area contributed by atoms with E-state index in [4.69, 9.17) is 25.8 Å². The molecule has 0 radical (unpaired) electrons. The standard InChI is InChI=1S/C13H26ClNO3/c1-16-8-9-18-11-10-17-7-6-15-5-3-2-4-13(15)12-14/h13H,2-12H2,1H3. The van der Waals surface area contributed by atoms with Gasteiger partial charge in [0.2, 0.25) is 0 Å². The summed E-state index contributed by atoms with van der Waals surface area (Å²) >= 11 is 5.97. The van der Waals surface area contributed by atoms with Gasteiger partial charge in [0.1, 0.15) is 0 Å². The summed E-state index contributed by atoms with van der Waals surface area (Å²) in [5.74, 6) is 0.736. The number of likely N-dealkylation sites (tertiary alicyclic amines) is 1. The average Bonchev–Trinajstić information content (AvgIpc) is 2.42. The minimum atomic E-state index is 0.543. The van der Waals surface area contributed by atoms with E-state index in [0.29, 0.717) is 32.5 Å². The first-order valence-corrected chi connectivity index (χ1v) is 7.36. The maximum Gasteiger partial charge on any atom is 0.0701 e. The molecule has 0 N–H and O–H groups in total. The van der Waals surface area contributed by atoms with Crippen molar-refractivity contribution in [3.05, 3.63) is 0 Å². The summed E-state index contributed by atoms with van der Waals surface area (Å²) in [7, 11) is 1.67. The van der Waals surface area contributed by atoms with Crippen molar-refractivity contribution in [1.29, 1.82) is 0 Å². The lowest BCUT2D eigenvalue weighted by Crippen LogP contribution is -2.42. The molecule has 0 aromatic rings. The van der Waals surface area contributed by atoms with Crippen molar-refractivity contribution in [2.45, 2.75) is 25.3 Å². The Morgan fingerprint density at radius 1 is 1.06 bits per heavy atom. The molecule has 5 heteroatoms. The number of hydrogen-bond acceptors (Lipinski definition) is 4. The van der Waals surface area contributed by atoms with E-state index >= 15 is 0 Å². The lowest BCUT2D eigenvalue weighted by atomic mass is 10.0. The number of halogens is 1. The van der Waals surface area contributed by atoms with Gasteiger partial charge < -0.3 is 14.2 Å². The molecule has 4 nitrogen and oxygen atoms in total. The molecule has 0 saturated carbocycles. The van der Waals surface area contributed by atoms with Crippen molar-refractivity contribution in [3.8, 4) is 0 Å². The number of nitrogens with zero attached hydrogens (tertiary/aromatic N) is 1. The van der Waals surface area contributed by atoms with Crippen LogP contribution in [0.4, 0.5) is 0 Å². The molecule has 1 saturated heterocycles. The predicted molar refractivity (Wildman–Crippen MR) is 73.4 cm³/mol. The van der Waals surface area contributed by atoms with E-state index in [1.54, 1.807) is 7.11 Å². The molecule has 1 atom stereocenters. The van der Waals surface area contributed by atoms with Crippen molar-refractivity contribution in [3.63, 3.8) is 0 Å². The van der Waals surface area contributed by atoms with Gasteiger partial charge in [-0.05, 0) is 19.4 Å². The fraction of sp³-hybridized carbons (Fsp3) is 1.00. The van der Waals surface area contributed by atoms with Crippen LogP contribution in [-0.2, 0) is 14.2 Å². The Balaban J connectivity index is 1.93. The summed E-state index contributed by atoms with van der Waals surface area (Å²) in [4.78, 5) is 2.45. The van der Waals surface area contributed by atoms with Crippen LogP contribution in [0.2, 0.25) is 0 Å². The van der Waals surface area contributed by atoms with Crippen LogP contribution in [0.5, 0.6) is 0 Å². The van der Waals surface area contributed by atoms with Crippen molar-refractivity contribution in [2.24, 2.45) is 0 Å². The summed E-state index contributed by atoms with van der Waals surface area (Å²) in [6, 6.07) is 0.543. The number of piperidine rings is 1. The number of alkyl halides is 1. The first-order valence-electron chi connectivity index (χ1n) is 6.83. The van der Waals surface area contributed by atoms with E-state index in [9.17, 15) is 0 Å². The zero-order valence-corrected chi connectivity index (χ0v) is 12.2. The second-order valence-electron chi connectivity index (χ2n) is 4.56. The van der Waals surface area contributed by atoms with E-state index in [1.165, 1.54) is 19.3 Å². The van der Waals surface area contributed by atoms with Crippen LogP contribution in [0.1, 0.15) is 19.3 Å². The van der Waals surface area contributed by atoms with Gasteiger partial charge in [-0.25, -0.2) is 0 Å². The highest BCUT2D eigenvalue weighted by Gasteiger charge is 2.20. The van der Waals surface area contributed by atoms with Gasteiger partial charge in [-0.2, -0.15) is 0 Å². The zero-order valence-electron chi connectivity index (χ0n) is 11.4. The number of rotatable bonds is 10. The summed E-state index contributed by atoms with van der Waals surface area (Å²) in [5, 5.41) is 0. The van der Waals surface area contributed by atoms with E-state index in [0.717, 1.165) is 25.6 Å². The first-order chi connectivity index (χ1) is 8.88. The summed E-state index contributed by atoms with van der Waals surface area (Å²) < 4.78 is 15.8. The highest BCUT2D eigenvalue weighted by molar-refractivity contribution is 6.18. The third-order valence-corrected chi connectivity index (χ3v) is 3.61.